The Morgan fingerprint density at radius 3 is 1.09 bits per heavy atom. The zero-order valence-corrected chi connectivity index (χ0v) is 22.3. The highest BCUT2D eigenvalue weighted by atomic mass is 16.6. The lowest BCUT2D eigenvalue weighted by atomic mass is 10.3. The van der Waals surface area contributed by atoms with Crippen LogP contribution in [0.3, 0.4) is 0 Å². The highest BCUT2D eigenvalue weighted by molar-refractivity contribution is 4.82. The van der Waals surface area contributed by atoms with Crippen LogP contribution in [-0.4, -0.2) is 76.3 Å². The van der Waals surface area contributed by atoms with E-state index in [2.05, 4.69) is 0 Å². The van der Waals surface area contributed by atoms with E-state index in [1.165, 1.54) is 0 Å². The fourth-order valence-corrected chi connectivity index (χ4v) is 2.75. The van der Waals surface area contributed by atoms with Gasteiger partial charge in [0.1, 0.15) is 0 Å². The summed E-state index contributed by atoms with van der Waals surface area (Å²) < 4.78 is 39.4. The van der Waals surface area contributed by atoms with E-state index in [1.54, 1.807) is 12.5 Å². The average molecular weight is 475 g/mol. The lowest BCUT2D eigenvalue weighted by Gasteiger charge is -2.19. The van der Waals surface area contributed by atoms with E-state index in [0.29, 0.717) is 39.6 Å². The van der Waals surface area contributed by atoms with Crippen LogP contribution < -0.4 is 0 Å². The smallest absolute Gasteiger partial charge is 0.0862 e. The first kappa shape index (κ1) is 32.0. The van der Waals surface area contributed by atoms with Gasteiger partial charge in [-0.2, -0.15) is 0 Å². The first-order valence-electron chi connectivity index (χ1n) is 12.4. The van der Waals surface area contributed by atoms with Crippen LogP contribution in [0, 0.1) is 0 Å². The minimum atomic E-state index is 0.0379. The molecule has 0 aliphatic heterocycles. The van der Waals surface area contributed by atoms with Crippen molar-refractivity contribution in [1.29, 1.82) is 0 Å². The molecule has 0 aliphatic rings. The van der Waals surface area contributed by atoms with Gasteiger partial charge in [0.15, 0.2) is 0 Å². The third-order valence-corrected chi connectivity index (χ3v) is 4.65. The van der Waals surface area contributed by atoms with Gasteiger partial charge in [-0.1, -0.05) is 0 Å². The average Bonchev–Trinajstić information content (AvgIpc) is 2.78. The van der Waals surface area contributed by atoms with Crippen molar-refractivity contribution in [2.45, 2.75) is 105 Å². The molecule has 0 saturated heterocycles. The van der Waals surface area contributed by atoms with Crippen molar-refractivity contribution in [1.82, 2.24) is 0 Å². The molecule has 0 saturated carbocycles. The Morgan fingerprint density at radius 2 is 0.758 bits per heavy atom. The van der Waals surface area contributed by atoms with Gasteiger partial charge >= 0.3 is 0 Å². The van der Waals surface area contributed by atoms with Gasteiger partial charge in [-0.3, -0.25) is 0 Å². The SMILES string of the molecule is CCOC(C)COC(C)COC(C)CC=COC=CCC(C)OCC(C)OCC(C)OCC. The Labute approximate surface area is 202 Å². The van der Waals surface area contributed by atoms with Crippen LogP contribution in [0.4, 0.5) is 0 Å². The Hall–Kier alpha value is -0.960. The van der Waals surface area contributed by atoms with Crippen LogP contribution in [0.25, 0.3) is 0 Å². The molecule has 0 rings (SSSR count). The summed E-state index contributed by atoms with van der Waals surface area (Å²) in [6, 6.07) is 0. The topological polar surface area (TPSA) is 64.6 Å². The van der Waals surface area contributed by atoms with Crippen LogP contribution in [0.15, 0.2) is 24.7 Å². The van der Waals surface area contributed by atoms with E-state index in [1.807, 2.05) is 67.5 Å². The van der Waals surface area contributed by atoms with E-state index in [0.717, 1.165) is 12.8 Å². The molecule has 0 fully saturated rings. The summed E-state index contributed by atoms with van der Waals surface area (Å²) in [7, 11) is 0. The van der Waals surface area contributed by atoms with Crippen molar-refractivity contribution in [3.8, 4) is 0 Å². The predicted molar refractivity (Wildman–Crippen MR) is 132 cm³/mol. The number of hydrogen-bond acceptors (Lipinski definition) is 7. The summed E-state index contributed by atoms with van der Waals surface area (Å²) in [5.74, 6) is 0. The largest absolute Gasteiger partial charge is 0.473 e. The molecule has 0 aromatic carbocycles. The Bertz CT molecular complexity index is 441. The lowest BCUT2D eigenvalue weighted by molar-refractivity contribution is -0.0657. The van der Waals surface area contributed by atoms with Crippen LogP contribution >= 0.6 is 0 Å². The van der Waals surface area contributed by atoms with Crippen molar-refractivity contribution in [3.05, 3.63) is 24.7 Å². The normalized spacial score (nSPS) is 17.8. The van der Waals surface area contributed by atoms with Gasteiger partial charge in [-0.05, 0) is 80.4 Å². The van der Waals surface area contributed by atoms with Crippen molar-refractivity contribution in [2.24, 2.45) is 0 Å². The van der Waals surface area contributed by atoms with E-state index >= 15 is 0 Å². The first-order chi connectivity index (χ1) is 15.8. The van der Waals surface area contributed by atoms with Crippen molar-refractivity contribution >= 4 is 0 Å². The first-order valence-corrected chi connectivity index (χ1v) is 12.4. The third kappa shape index (κ3) is 21.3. The zero-order chi connectivity index (χ0) is 24.9. The maximum absolute atomic E-state index is 5.82. The van der Waals surface area contributed by atoms with Gasteiger partial charge in [0.25, 0.3) is 0 Å². The quantitative estimate of drug-likeness (QED) is 0.198. The summed E-state index contributed by atoms with van der Waals surface area (Å²) in [6.45, 7) is 19.8. The van der Waals surface area contributed by atoms with Crippen molar-refractivity contribution in [2.75, 3.05) is 39.6 Å². The zero-order valence-electron chi connectivity index (χ0n) is 22.3. The highest BCUT2D eigenvalue weighted by Crippen LogP contribution is 2.05. The Balaban J connectivity index is 3.78. The Kier molecular flexibility index (Phi) is 20.9. The van der Waals surface area contributed by atoms with Crippen LogP contribution in [-0.2, 0) is 33.2 Å². The summed E-state index contributed by atoms with van der Waals surface area (Å²) >= 11 is 0. The molecule has 0 amide bonds. The molecule has 0 radical (unpaired) electrons. The molecule has 7 heteroatoms. The van der Waals surface area contributed by atoms with Gasteiger partial charge in [0, 0.05) is 13.2 Å². The summed E-state index contributed by atoms with van der Waals surface area (Å²) in [5, 5.41) is 0. The monoisotopic (exact) mass is 474 g/mol. The van der Waals surface area contributed by atoms with Crippen LogP contribution in [0.5, 0.6) is 0 Å². The molecular weight excluding hydrogens is 424 g/mol. The summed E-state index contributed by atoms with van der Waals surface area (Å²) in [4.78, 5) is 0. The molecule has 0 N–H and O–H groups in total. The molecule has 0 spiro atoms. The molecule has 7 nitrogen and oxygen atoms in total. The summed E-state index contributed by atoms with van der Waals surface area (Å²) in [6.07, 6.45) is 9.31. The van der Waals surface area contributed by atoms with Gasteiger partial charge in [-0.25, -0.2) is 0 Å². The molecule has 6 unspecified atom stereocenters. The minimum absolute atomic E-state index is 0.0379. The standard InChI is InChI=1S/C26H50O7/c1-9-28-23(5)17-32-25(7)19-30-21(3)13-11-15-27-16-12-14-22(4)31-20-26(8)33-18-24(6)29-10-2/h11-12,15-16,21-26H,9-10,13-14,17-20H2,1-8H3. The lowest BCUT2D eigenvalue weighted by Crippen LogP contribution is -2.25. The molecule has 33 heavy (non-hydrogen) atoms. The van der Waals surface area contributed by atoms with Gasteiger partial charge in [0.05, 0.1) is 75.6 Å². The number of rotatable bonds is 22. The molecule has 0 aromatic heterocycles. The van der Waals surface area contributed by atoms with E-state index in [9.17, 15) is 0 Å². The fraction of sp³-hybridized carbons (Fsp3) is 0.846. The fourth-order valence-electron chi connectivity index (χ4n) is 2.75. The Morgan fingerprint density at radius 1 is 0.455 bits per heavy atom. The van der Waals surface area contributed by atoms with E-state index < -0.39 is 0 Å². The molecule has 0 heterocycles. The molecule has 0 bridgehead atoms. The maximum atomic E-state index is 5.82. The second kappa shape index (κ2) is 21.6. The summed E-state index contributed by atoms with van der Waals surface area (Å²) in [5.41, 5.74) is 0. The highest BCUT2D eigenvalue weighted by Gasteiger charge is 2.10. The van der Waals surface area contributed by atoms with Gasteiger partial charge in [0.2, 0.25) is 0 Å². The van der Waals surface area contributed by atoms with Gasteiger partial charge in [-0.15, -0.1) is 0 Å². The molecule has 0 aliphatic carbocycles. The second-order valence-electron chi connectivity index (χ2n) is 8.46. The molecule has 196 valence electrons. The van der Waals surface area contributed by atoms with Crippen LogP contribution in [0.2, 0.25) is 0 Å². The van der Waals surface area contributed by atoms with E-state index in [4.69, 9.17) is 33.2 Å². The second-order valence-corrected chi connectivity index (χ2v) is 8.46. The van der Waals surface area contributed by atoms with Gasteiger partial charge < -0.3 is 33.2 Å². The van der Waals surface area contributed by atoms with E-state index in [-0.39, 0.29) is 36.6 Å². The van der Waals surface area contributed by atoms with Crippen molar-refractivity contribution < 1.29 is 33.2 Å². The third-order valence-electron chi connectivity index (χ3n) is 4.65. The predicted octanol–water partition coefficient (Wildman–Crippen LogP) is 5.28. The number of hydrogen-bond donors (Lipinski definition) is 0. The minimum Gasteiger partial charge on any atom is -0.473 e. The maximum Gasteiger partial charge on any atom is 0.0862 e. The molecular formula is C26H50O7. The number of ether oxygens (including phenoxy) is 7. The van der Waals surface area contributed by atoms with Crippen LogP contribution in [0.1, 0.15) is 68.2 Å². The molecule has 0 aromatic rings. The molecule has 6 atom stereocenters. The van der Waals surface area contributed by atoms with Crippen molar-refractivity contribution in [3.63, 3.8) is 0 Å².